The van der Waals surface area contributed by atoms with Gasteiger partial charge in [-0.25, -0.2) is 0 Å². The fraction of sp³-hybridized carbons (Fsp3) is 0.545. The predicted molar refractivity (Wildman–Crippen MR) is 187 cm³/mol. The molecule has 0 radical (unpaired) electrons. The van der Waals surface area contributed by atoms with Gasteiger partial charge >= 0.3 is 0 Å². The Hall–Kier alpha value is 2.90. The fourth-order valence-corrected chi connectivity index (χ4v) is 20.9. The van der Waals surface area contributed by atoms with Gasteiger partial charge in [-0.3, -0.25) is 0 Å². The zero-order chi connectivity index (χ0) is 23.9. The topological polar surface area (TPSA) is 0 Å². The summed E-state index contributed by atoms with van der Waals surface area (Å²) in [5.74, 6) is 4.89. The van der Waals surface area contributed by atoms with Gasteiger partial charge in [0.15, 0.2) is 0 Å². The van der Waals surface area contributed by atoms with Crippen LogP contribution in [0.2, 0.25) is 0 Å². The zero-order valence-electron chi connectivity index (χ0n) is 19.6. The first-order valence-electron chi connectivity index (χ1n) is 11.3. The molecule has 0 atom stereocenters. The average Bonchev–Trinajstić information content (AvgIpc) is 3.60. The molecule has 0 saturated carbocycles. The van der Waals surface area contributed by atoms with E-state index < -0.39 is 0 Å². The smallest absolute Gasteiger partial charge is 0.0718 e. The molecule has 0 aromatic heterocycles. The first kappa shape index (κ1) is 29.9. The first-order valence-corrected chi connectivity index (χ1v) is 21.8. The molecule has 4 aliphatic heterocycles. The summed E-state index contributed by atoms with van der Waals surface area (Å²) in [5.41, 5.74) is 0. The lowest BCUT2D eigenvalue weighted by Crippen LogP contribution is -1.77. The Kier molecular flexibility index (Phi) is 13.7. The standard InChI is InChI=1S/C22H28S12/c1-5-9-23-13-14(24-10-6-2)28-17(27-13)19-31-21-22(32-19)34-20(33-21)18-29-15(25-11-7-3)16(30-18)26-12-8-4/h5-12H2,1-4H3. The van der Waals surface area contributed by atoms with Crippen molar-refractivity contribution in [1.29, 1.82) is 0 Å². The van der Waals surface area contributed by atoms with Gasteiger partial charge in [-0.1, -0.05) is 122 Å². The Morgan fingerprint density at radius 3 is 0.765 bits per heavy atom. The van der Waals surface area contributed by atoms with E-state index in [9.17, 15) is 0 Å². The van der Waals surface area contributed by atoms with E-state index in [-0.39, 0.29) is 0 Å². The number of hydrogen-bond acceptors (Lipinski definition) is 12. The van der Waals surface area contributed by atoms with E-state index in [2.05, 4.69) is 74.7 Å². The van der Waals surface area contributed by atoms with E-state index in [1.54, 1.807) is 16.9 Å². The lowest BCUT2D eigenvalue weighted by atomic mass is 10.6. The molecule has 0 nitrogen and oxygen atoms in total. The van der Waals surface area contributed by atoms with Crippen molar-refractivity contribution in [3.63, 3.8) is 0 Å². The third-order valence-corrected chi connectivity index (χ3v) is 22.6. The lowest BCUT2D eigenvalue weighted by Gasteiger charge is -2.07. The zero-order valence-corrected chi connectivity index (χ0v) is 29.4. The van der Waals surface area contributed by atoms with Gasteiger partial charge in [0.1, 0.15) is 0 Å². The van der Waals surface area contributed by atoms with E-state index in [1.165, 1.54) is 74.1 Å². The van der Waals surface area contributed by atoms with Gasteiger partial charge in [0.05, 0.1) is 42.4 Å². The van der Waals surface area contributed by atoms with Crippen LogP contribution in [0.15, 0.2) is 42.4 Å². The van der Waals surface area contributed by atoms with Crippen LogP contribution < -0.4 is 0 Å². The van der Waals surface area contributed by atoms with Gasteiger partial charge in [0.25, 0.3) is 0 Å². The predicted octanol–water partition coefficient (Wildman–Crippen LogP) is 13.1. The highest BCUT2D eigenvalue weighted by atomic mass is 32.3. The molecule has 0 bridgehead atoms. The maximum absolute atomic E-state index is 2.28. The summed E-state index contributed by atoms with van der Waals surface area (Å²) in [6, 6.07) is 0. The Balaban J connectivity index is 1.38. The van der Waals surface area contributed by atoms with Crippen molar-refractivity contribution in [2.45, 2.75) is 53.4 Å². The summed E-state index contributed by atoms with van der Waals surface area (Å²) in [4.78, 5) is 0. The Labute approximate surface area is 256 Å². The van der Waals surface area contributed by atoms with Crippen LogP contribution in [0.4, 0.5) is 0 Å². The van der Waals surface area contributed by atoms with Crippen LogP contribution in [0.25, 0.3) is 0 Å². The summed E-state index contributed by atoms with van der Waals surface area (Å²) in [6.07, 6.45) is 4.96. The molecule has 0 amide bonds. The summed E-state index contributed by atoms with van der Waals surface area (Å²) in [7, 11) is 0. The second-order valence-corrected chi connectivity index (χ2v) is 22.3. The highest BCUT2D eigenvalue weighted by Crippen LogP contribution is 2.73. The minimum atomic E-state index is 1.22. The molecule has 0 saturated heterocycles. The van der Waals surface area contributed by atoms with Gasteiger partial charge in [-0.15, -0.1) is 47.0 Å². The quantitative estimate of drug-likeness (QED) is 0.193. The normalized spacial score (nSPS) is 20.8. The maximum Gasteiger partial charge on any atom is 0.0718 e. The van der Waals surface area contributed by atoms with E-state index in [4.69, 9.17) is 0 Å². The largest absolute Gasteiger partial charge is 0.117 e. The lowest BCUT2D eigenvalue weighted by molar-refractivity contribution is 1.11. The molecule has 188 valence electrons. The fourth-order valence-electron chi connectivity index (χ4n) is 2.60. The molecule has 0 unspecified atom stereocenters. The number of hydrogen-bond donors (Lipinski definition) is 0. The van der Waals surface area contributed by atoms with Crippen molar-refractivity contribution in [2.24, 2.45) is 0 Å². The van der Waals surface area contributed by atoms with E-state index in [0.29, 0.717) is 0 Å². The van der Waals surface area contributed by atoms with E-state index >= 15 is 0 Å². The third-order valence-electron chi connectivity index (χ3n) is 4.07. The molecule has 0 N–H and O–H groups in total. The summed E-state index contributed by atoms with van der Waals surface area (Å²) in [5, 5.41) is 0. The van der Waals surface area contributed by atoms with Gasteiger partial charge in [-0.2, -0.15) is 0 Å². The Bertz CT molecular complexity index is 788. The van der Waals surface area contributed by atoms with Crippen LogP contribution in [-0.4, -0.2) is 23.0 Å². The first-order chi connectivity index (χ1) is 16.7. The molecule has 0 fully saturated rings. The SMILES string of the molecule is CCCSC1=C(SCCC)SC(=C2SC3=C(S2)SC(=C2SC(SCCC)=C(SCCC)S2)S3)S1. The number of rotatable bonds is 12. The van der Waals surface area contributed by atoms with E-state index in [0.717, 1.165) is 0 Å². The number of thioether (sulfide) groups is 12. The van der Waals surface area contributed by atoms with Gasteiger partial charge in [0.2, 0.25) is 0 Å². The van der Waals surface area contributed by atoms with Gasteiger partial charge in [0, 0.05) is 0 Å². The Morgan fingerprint density at radius 1 is 0.353 bits per heavy atom. The van der Waals surface area contributed by atoms with Crippen LogP contribution >= 0.6 is 141 Å². The summed E-state index contributed by atoms with van der Waals surface area (Å²) >= 11 is 24.5. The third kappa shape index (κ3) is 7.98. The van der Waals surface area contributed by atoms with Crippen LogP contribution in [0.5, 0.6) is 0 Å². The molecular formula is C22H28S12. The Morgan fingerprint density at radius 2 is 0.559 bits per heavy atom. The van der Waals surface area contributed by atoms with E-state index in [1.807, 2.05) is 94.1 Å². The van der Waals surface area contributed by atoms with Crippen molar-refractivity contribution in [2.75, 3.05) is 23.0 Å². The van der Waals surface area contributed by atoms with Crippen molar-refractivity contribution >= 4 is 141 Å². The van der Waals surface area contributed by atoms with Crippen LogP contribution in [-0.2, 0) is 0 Å². The minimum Gasteiger partial charge on any atom is -0.117 e. The molecule has 0 spiro atoms. The molecule has 4 rings (SSSR count). The van der Waals surface area contributed by atoms with Crippen molar-refractivity contribution in [1.82, 2.24) is 0 Å². The molecular weight excluding hydrogens is 649 g/mol. The minimum absolute atomic E-state index is 1.22. The maximum atomic E-state index is 2.28. The van der Waals surface area contributed by atoms with Gasteiger partial charge < -0.3 is 0 Å². The van der Waals surface area contributed by atoms with Crippen molar-refractivity contribution in [3.8, 4) is 0 Å². The molecule has 12 heteroatoms. The second-order valence-electron chi connectivity index (χ2n) is 7.08. The highest BCUT2D eigenvalue weighted by molar-refractivity contribution is 8.51. The van der Waals surface area contributed by atoms with Crippen molar-refractivity contribution in [3.05, 3.63) is 42.4 Å². The molecule has 4 aliphatic rings. The van der Waals surface area contributed by atoms with Crippen molar-refractivity contribution < 1.29 is 0 Å². The highest BCUT2D eigenvalue weighted by Gasteiger charge is 2.37. The van der Waals surface area contributed by atoms with Crippen LogP contribution in [0, 0.1) is 0 Å². The molecule has 0 aromatic carbocycles. The van der Waals surface area contributed by atoms with Crippen LogP contribution in [0.1, 0.15) is 53.4 Å². The molecule has 4 heterocycles. The molecule has 34 heavy (non-hydrogen) atoms. The molecule has 0 aliphatic carbocycles. The van der Waals surface area contributed by atoms with Crippen LogP contribution in [0.3, 0.4) is 0 Å². The van der Waals surface area contributed by atoms with Gasteiger partial charge in [-0.05, 0) is 48.7 Å². The summed E-state index contributed by atoms with van der Waals surface area (Å²) < 4.78 is 15.2. The average molecular weight is 677 g/mol. The second kappa shape index (κ2) is 15.6. The molecule has 0 aromatic rings. The summed E-state index contributed by atoms with van der Waals surface area (Å²) in [6.45, 7) is 9.13. The monoisotopic (exact) mass is 676 g/mol.